The minimum Gasteiger partial charge on any atom is -0.0622 e. The van der Waals surface area contributed by atoms with Crippen molar-refractivity contribution in [2.45, 2.75) is 39.5 Å². The van der Waals surface area contributed by atoms with E-state index in [1.807, 2.05) is 0 Å². The molecule has 0 aromatic carbocycles. The first-order valence-electron chi connectivity index (χ1n) is 4.22. The average molecular weight is 124 g/mol. The van der Waals surface area contributed by atoms with Gasteiger partial charge in [-0.2, -0.15) is 0 Å². The highest BCUT2D eigenvalue weighted by Gasteiger charge is 2.49. The molecule has 52 valence electrons. The Morgan fingerprint density at radius 3 is 1.67 bits per heavy atom. The molecule has 2 aliphatic rings. The van der Waals surface area contributed by atoms with E-state index < -0.39 is 0 Å². The third-order valence-corrected chi connectivity index (χ3v) is 3.44. The van der Waals surface area contributed by atoms with Crippen molar-refractivity contribution in [1.29, 1.82) is 0 Å². The maximum atomic E-state index is 2.41. The molecule has 2 rings (SSSR count). The summed E-state index contributed by atoms with van der Waals surface area (Å²) >= 11 is 0. The standard InChI is InChI=1S/C9H16/c1-7-5-9(3-4-9)6-8(7)2/h7-8H,3-6H2,1-2H3. The van der Waals surface area contributed by atoms with Crippen molar-refractivity contribution in [3.63, 3.8) is 0 Å². The highest BCUT2D eigenvalue weighted by molar-refractivity contribution is 5.00. The van der Waals surface area contributed by atoms with Crippen molar-refractivity contribution < 1.29 is 0 Å². The molecule has 0 bridgehead atoms. The Bertz CT molecular complexity index is 110. The lowest BCUT2D eigenvalue weighted by Gasteiger charge is -2.04. The van der Waals surface area contributed by atoms with E-state index in [0.29, 0.717) is 0 Å². The molecule has 2 aliphatic carbocycles. The Hall–Kier alpha value is 0. The van der Waals surface area contributed by atoms with Crippen molar-refractivity contribution in [2.75, 3.05) is 0 Å². The van der Waals surface area contributed by atoms with E-state index in [1.165, 1.54) is 12.8 Å². The van der Waals surface area contributed by atoms with Gasteiger partial charge in [0, 0.05) is 0 Å². The summed E-state index contributed by atoms with van der Waals surface area (Å²) in [6.45, 7) is 4.83. The third-order valence-electron chi connectivity index (χ3n) is 3.44. The maximum absolute atomic E-state index is 2.41. The van der Waals surface area contributed by atoms with Crippen LogP contribution in [0.3, 0.4) is 0 Å². The molecule has 0 N–H and O–H groups in total. The molecule has 9 heavy (non-hydrogen) atoms. The van der Waals surface area contributed by atoms with Gasteiger partial charge in [-0.1, -0.05) is 13.8 Å². The molecular weight excluding hydrogens is 108 g/mol. The lowest BCUT2D eigenvalue weighted by atomic mass is 10.0. The Kier molecular flexibility index (Phi) is 0.980. The van der Waals surface area contributed by atoms with E-state index in [2.05, 4.69) is 13.8 Å². The number of rotatable bonds is 0. The van der Waals surface area contributed by atoms with E-state index in [9.17, 15) is 0 Å². The Labute approximate surface area is 57.6 Å². The van der Waals surface area contributed by atoms with E-state index >= 15 is 0 Å². The van der Waals surface area contributed by atoms with Gasteiger partial charge >= 0.3 is 0 Å². The fourth-order valence-corrected chi connectivity index (χ4v) is 2.44. The summed E-state index contributed by atoms with van der Waals surface area (Å²) in [5, 5.41) is 0. The summed E-state index contributed by atoms with van der Waals surface area (Å²) in [7, 11) is 0. The van der Waals surface area contributed by atoms with Crippen molar-refractivity contribution in [2.24, 2.45) is 17.3 Å². The second-order valence-electron chi connectivity index (χ2n) is 4.36. The normalized spacial score (nSPS) is 46.0. The van der Waals surface area contributed by atoms with Gasteiger partial charge in [-0.15, -0.1) is 0 Å². The second-order valence-corrected chi connectivity index (χ2v) is 4.36. The lowest BCUT2D eigenvalue weighted by Crippen LogP contribution is -1.95. The van der Waals surface area contributed by atoms with Crippen LogP contribution in [0.5, 0.6) is 0 Å². The Balaban J connectivity index is 2.06. The van der Waals surface area contributed by atoms with Crippen molar-refractivity contribution in [3.05, 3.63) is 0 Å². The summed E-state index contributed by atoms with van der Waals surface area (Å²) in [4.78, 5) is 0. The van der Waals surface area contributed by atoms with Crippen LogP contribution < -0.4 is 0 Å². The minimum absolute atomic E-state index is 0.888. The lowest BCUT2D eigenvalue weighted by molar-refractivity contribution is 0.457. The zero-order chi connectivity index (χ0) is 6.48. The predicted octanol–water partition coefficient (Wildman–Crippen LogP) is 2.83. The molecule has 1 spiro atoms. The van der Waals surface area contributed by atoms with Gasteiger partial charge in [0.2, 0.25) is 0 Å². The smallest absolute Gasteiger partial charge is 0.0292 e. The summed E-state index contributed by atoms with van der Waals surface area (Å²) in [5.74, 6) is 2.04. The molecule has 2 unspecified atom stereocenters. The number of hydrogen-bond acceptors (Lipinski definition) is 0. The van der Waals surface area contributed by atoms with Gasteiger partial charge in [0.1, 0.15) is 0 Å². The van der Waals surface area contributed by atoms with Crippen molar-refractivity contribution in [1.82, 2.24) is 0 Å². The van der Waals surface area contributed by atoms with E-state index in [-0.39, 0.29) is 0 Å². The summed E-state index contributed by atoms with van der Waals surface area (Å²) in [5.41, 5.74) is 0.888. The average Bonchev–Trinajstić information content (AvgIpc) is 2.42. The maximum Gasteiger partial charge on any atom is -0.0292 e. The van der Waals surface area contributed by atoms with Gasteiger partial charge < -0.3 is 0 Å². The van der Waals surface area contributed by atoms with Gasteiger partial charge in [0.25, 0.3) is 0 Å². The molecule has 2 fully saturated rings. The molecule has 0 aromatic heterocycles. The second kappa shape index (κ2) is 1.53. The monoisotopic (exact) mass is 124 g/mol. The van der Waals surface area contributed by atoms with Crippen LogP contribution in [-0.2, 0) is 0 Å². The molecule has 0 heterocycles. The van der Waals surface area contributed by atoms with Crippen LogP contribution in [0.25, 0.3) is 0 Å². The van der Waals surface area contributed by atoms with Crippen LogP contribution in [-0.4, -0.2) is 0 Å². The molecule has 0 amide bonds. The molecular formula is C9H16. The fraction of sp³-hybridized carbons (Fsp3) is 1.00. The molecule has 0 aromatic rings. The van der Waals surface area contributed by atoms with Crippen LogP contribution in [0, 0.1) is 17.3 Å². The molecule has 0 heteroatoms. The van der Waals surface area contributed by atoms with Crippen LogP contribution in [0.4, 0.5) is 0 Å². The third kappa shape index (κ3) is 0.798. The first-order valence-corrected chi connectivity index (χ1v) is 4.22. The molecule has 2 atom stereocenters. The Morgan fingerprint density at radius 2 is 1.44 bits per heavy atom. The molecule has 0 aliphatic heterocycles. The highest BCUT2D eigenvalue weighted by Crippen LogP contribution is 2.61. The van der Waals surface area contributed by atoms with Gasteiger partial charge in [-0.05, 0) is 42.9 Å². The van der Waals surface area contributed by atoms with Gasteiger partial charge in [0.05, 0.1) is 0 Å². The minimum atomic E-state index is 0.888. The van der Waals surface area contributed by atoms with Crippen molar-refractivity contribution in [3.8, 4) is 0 Å². The quantitative estimate of drug-likeness (QED) is 0.466. The van der Waals surface area contributed by atoms with Crippen LogP contribution in [0.15, 0.2) is 0 Å². The van der Waals surface area contributed by atoms with Gasteiger partial charge in [-0.3, -0.25) is 0 Å². The SMILES string of the molecule is CC1CC2(CC2)CC1C. The van der Waals surface area contributed by atoms with Gasteiger partial charge in [0.15, 0.2) is 0 Å². The Morgan fingerprint density at radius 1 is 1.00 bits per heavy atom. The first-order chi connectivity index (χ1) is 4.22. The largest absolute Gasteiger partial charge is 0.0622 e. The summed E-state index contributed by atoms with van der Waals surface area (Å²) in [6.07, 6.45) is 6.16. The van der Waals surface area contributed by atoms with E-state index in [4.69, 9.17) is 0 Å². The zero-order valence-corrected chi connectivity index (χ0v) is 6.48. The summed E-state index contributed by atoms with van der Waals surface area (Å²) in [6, 6.07) is 0. The molecule has 0 saturated heterocycles. The first kappa shape index (κ1) is 5.76. The van der Waals surface area contributed by atoms with Crippen LogP contribution in [0.1, 0.15) is 39.5 Å². The highest BCUT2D eigenvalue weighted by atomic mass is 14.5. The zero-order valence-electron chi connectivity index (χ0n) is 6.48. The van der Waals surface area contributed by atoms with E-state index in [0.717, 1.165) is 17.3 Å². The van der Waals surface area contributed by atoms with Crippen molar-refractivity contribution >= 4 is 0 Å². The van der Waals surface area contributed by atoms with Crippen LogP contribution in [0.2, 0.25) is 0 Å². The molecule has 0 radical (unpaired) electrons. The fourth-order valence-electron chi connectivity index (χ4n) is 2.44. The van der Waals surface area contributed by atoms with E-state index in [1.54, 1.807) is 12.8 Å². The summed E-state index contributed by atoms with van der Waals surface area (Å²) < 4.78 is 0. The number of hydrogen-bond donors (Lipinski definition) is 0. The molecule has 0 nitrogen and oxygen atoms in total. The van der Waals surface area contributed by atoms with Gasteiger partial charge in [-0.25, -0.2) is 0 Å². The van der Waals surface area contributed by atoms with Crippen LogP contribution >= 0.6 is 0 Å². The molecule has 2 saturated carbocycles. The topological polar surface area (TPSA) is 0 Å². The predicted molar refractivity (Wildman–Crippen MR) is 39.2 cm³/mol.